The number of aryl methyl sites for hydroxylation is 1. The van der Waals surface area contributed by atoms with Crippen molar-refractivity contribution in [3.63, 3.8) is 0 Å². The van der Waals surface area contributed by atoms with E-state index in [2.05, 4.69) is 17.3 Å². The molecule has 18 heavy (non-hydrogen) atoms. The van der Waals surface area contributed by atoms with Gasteiger partial charge < -0.3 is 5.32 Å². The molecule has 1 aromatic heterocycles. The molecule has 0 spiro atoms. The van der Waals surface area contributed by atoms with Gasteiger partial charge in [-0.05, 0) is 26.0 Å². The molecule has 0 amide bonds. The van der Waals surface area contributed by atoms with Gasteiger partial charge in [0.05, 0.1) is 17.0 Å². The average molecular weight is 273 g/mol. The minimum absolute atomic E-state index is 0.209. The molecule has 104 valence electrons. The summed E-state index contributed by atoms with van der Waals surface area (Å²) in [6.07, 6.45) is 3.98. The van der Waals surface area contributed by atoms with Crippen molar-refractivity contribution in [2.75, 3.05) is 12.8 Å². The van der Waals surface area contributed by atoms with Crippen molar-refractivity contribution in [2.45, 2.75) is 45.0 Å². The van der Waals surface area contributed by atoms with Gasteiger partial charge in [0.15, 0.2) is 9.84 Å². The molecule has 2 atom stereocenters. The number of aromatic nitrogens is 2. The van der Waals surface area contributed by atoms with Crippen LogP contribution in [0.1, 0.15) is 38.9 Å². The summed E-state index contributed by atoms with van der Waals surface area (Å²) in [7, 11) is -3.09. The van der Waals surface area contributed by atoms with Crippen molar-refractivity contribution in [3.05, 3.63) is 18.0 Å². The monoisotopic (exact) mass is 273 g/mol. The van der Waals surface area contributed by atoms with Crippen LogP contribution >= 0.6 is 0 Å². The molecule has 1 N–H and O–H groups in total. The fourth-order valence-electron chi connectivity index (χ4n) is 1.98. The molecule has 6 heteroatoms. The summed E-state index contributed by atoms with van der Waals surface area (Å²) in [5.74, 6) is 0. The topological polar surface area (TPSA) is 64.0 Å². The third-order valence-electron chi connectivity index (χ3n) is 3.07. The zero-order chi connectivity index (χ0) is 13.8. The second-order valence-corrected chi connectivity index (χ2v) is 6.95. The van der Waals surface area contributed by atoms with Gasteiger partial charge in [0.25, 0.3) is 0 Å². The van der Waals surface area contributed by atoms with Crippen LogP contribution in [0.3, 0.4) is 0 Å². The molecule has 5 nitrogen and oxygen atoms in total. The maximum atomic E-state index is 11.7. The number of hydrogen-bond donors (Lipinski definition) is 1. The normalized spacial score (nSPS) is 15.6. The molecule has 0 aromatic carbocycles. The lowest BCUT2D eigenvalue weighted by molar-refractivity contribution is 0.463. The first kappa shape index (κ1) is 15.2. The second kappa shape index (κ2) is 6.33. The predicted octanol–water partition coefficient (Wildman–Crippen LogP) is 1.38. The number of sulfone groups is 1. The summed E-state index contributed by atoms with van der Waals surface area (Å²) in [6.45, 7) is 7.32. The van der Waals surface area contributed by atoms with E-state index in [4.69, 9.17) is 0 Å². The molecule has 0 aliphatic rings. The Morgan fingerprint density at radius 1 is 1.44 bits per heavy atom. The van der Waals surface area contributed by atoms with Crippen LogP contribution in [0.25, 0.3) is 0 Å². The smallest absolute Gasteiger partial charge is 0.151 e. The molecule has 2 unspecified atom stereocenters. The van der Waals surface area contributed by atoms with Gasteiger partial charge in [-0.1, -0.05) is 13.8 Å². The molecule has 0 saturated carbocycles. The van der Waals surface area contributed by atoms with Gasteiger partial charge in [-0.2, -0.15) is 5.10 Å². The molecular weight excluding hydrogens is 250 g/mol. The summed E-state index contributed by atoms with van der Waals surface area (Å²) in [5.41, 5.74) is 0.941. The van der Waals surface area contributed by atoms with Crippen LogP contribution in [0, 0.1) is 0 Å². The number of hydrogen-bond acceptors (Lipinski definition) is 4. The third kappa shape index (κ3) is 3.55. The van der Waals surface area contributed by atoms with E-state index in [-0.39, 0.29) is 6.04 Å². The molecular formula is C12H23N3O2S. The van der Waals surface area contributed by atoms with Crippen molar-refractivity contribution in [2.24, 2.45) is 0 Å². The summed E-state index contributed by atoms with van der Waals surface area (Å²) in [4.78, 5) is 0. The highest BCUT2D eigenvalue weighted by molar-refractivity contribution is 7.91. The summed E-state index contributed by atoms with van der Waals surface area (Å²) in [5, 5.41) is 7.04. The minimum atomic E-state index is -3.09. The second-order valence-electron chi connectivity index (χ2n) is 4.55. The Kier molecular flexibility index (Phi) is 5.34. The van der Waals surface area contributed by atoms with Crippen LogP contribution in [0.15, 0.2) is 12.3 Å². The van der Waals surface area contributed by atoms with E-state index in [1.807, 2.05) is 17.7 Å². The Balaban J connectivity index is 3.07. The fourth-order valence-corrected chi connectivity index (χ4v) is 2.71. The molecule has 0 aliphatic heterocycles. The lowest BCUT2D eigenvalue weighted by Gasteiger charge is -2.24. The van der Waals surface area contributed by atoms with Gasteiger partial charge in [-0.3, -0.25) is 4.68 Å². The standard InChI is InChI=1S/C12H23N3O2S/c1-5-9-15-11(7-8-14-15)12(13-6-2)10(3)18(4,16)17/h7-8,10,12-13H,5-6,9H2,1-4H3. The Hall–Kier alpha value is -0.880. The fraction of sp³-hybridized carbons (Fsp3) is 0.750. The van der Waals surface area contributed by atoms with Gasteiger partial charge >= 0.3 is 0 Å². The van der Waals surface area contributed by atoms with E-state index in [9.17, 15) is 8.42 Å². The SMILES string of the molecule is CCCn1nccc1C(NCC)C(C)S(C)(=O)=O. The molecule has 1 aromatic rings. The third-order valence-corrected chi connectivity index (χ3v) is 4.70. The Labute approximate surface area is 109 Å². The number of nitrogens with zero attached hydrogens (tertiary/aromatic N) is 2. The van der Waals surface area contributed by atoms with Crippen molar-refractivity contribution < 1.29 is 8.42 Å². The lowest BCUT2D eigenvalue weighted by atomic mass is 10.1. The molecule has 0 aliphatic carbocycles. The lowest BCUT2D eigenvalue weighted by Crippen LogP contribution is -2.36. The average Bonchev–Trinajstić information content (AvgIpc) is 2.72. The Morgan fingerprint density at radius 2 is 2.11 bits per heavy atom. The Bertz CT molecular complexity index is 467. The van der Waals surface area contributed by atoms with E-state index in [1.54, 1.807) is 13.1 Å². The van der Waals surface area contributed by atoms with Crippen molar-refractivity contribution in [3.8, 4) is 0 Å². The van der Waals surface area contributed by atoms with Crippen molar-refractivity contribution in [1.82, 2.24) is 15.1 Å². The summed E-state index contributed by atoms with van der Waals surface area (Å²) < 4.78 is 25.4. The minimum Gasteiger partial charge on any atom is -0.308 e. The van der Waals surface area contributed by atoms with E-state index < -0.39 is 15.1 Å². The molecule has 1 heterocycles. The van der Waals surface area contributed by atoms with E-state index in [0.29, 0.717) is 0 Å². The van der Waals surface area contributed by atoms with Crippen LogP contribution in [0.4, 0.5) is 0 Å². The molecule has 0 radical (unpaired) electrons. The number of rotatable bonds is 7. The van der Waals surface area contributed by atoms with Crippen LogP contribution in [0.2, 0.25) is 0 Å². The van der Waals surface area contributed by atoms with E-state index >= 15 is 0 Å². The first-order valence-electron chi connectivity index (χ1n) is 6.35. The van der Waals surface area contributed by atoms with E-state index in [1.165, 1.54) is 6.26 Å². The van der Waals surface area contributed by atoms with Crippen LogP contribution < -0.4 is 5.32 Å². The highest BCUT2D eigenvalue weighted by Crippen LogP contribution is 2.21. The Morgan fingerprint density at radius 3 is 2.61 bits per heavy atom. The highest BCUT2D eigenvalue weighted by Gasteiger charge is 2.28. The zero-order valence-electron chi connectivity index (χ0n) is 11.5. The van der Waals surface area contributed by atoms with Crippen LogP contribution in [0.5, 0.6) is 0 Å². The molecule has 0 fully saturated rings. The first-order valence-corrected chi connectivity index (χ1v) is 8.31. The maximum absolute atomic E-state index is 11.7. The van der Waals surface area contributed by atoms with E-state index in [0.717, 1.165) is 25.2 Å². The predicted molar refractivity (Wildman–Crippen MR) is 73.2 cm³/mol. The molecule has 0 saturated heterocycles. The first-order chi connectivity index (χ1) is 8.41. The molecule has 1 rings (SSSR count). The van der Waals surface area contributed by atoms with Gasteiger partial charge in [0.2, 0.25) is 0 Å². The maximum Gasteiger partial charge on any atom is 0.151 e. The zero-order valence-corrected chi connectivity index (χ0v) is 12.4. The largest absolute Gasteiger partial charge is 0.308 e. The van der Waals surface area contributed by atoms with Crippen molar-refractivity contribution >= 4 is 9.84 Å². The summed E-state index contributed by atoms with van der Waals surface area (Å²) in [6, 6.07) is 1.68. The van der Waals surface area contributed by atoms with Gasteiger partial charge in [0.1, 0.15) is 0 Å². The van der Waals surface area contributed by atoms with Gasteiger partial charge in [-0.25, -0.2) is 8.42 Å². The van der Waals surface area contributed by atoms with Crippen LogP contribution in [-0.4, -0.2) is 36.2 Å². The van der Waals surface area contributed by atoms with Gasteiger partial charge in [0, 0.05) is 19.0 Å². The van der Waals surface area contributed by atoms with Crippen LogP contribution in [-0.2, 0) is 16.4 Å². The van der Waals surface area contributed by atoms with Gasteiger partial charge in [-0.15, -0.1) is 0 Å². The summed E-state index contributed by atoms with van der Waals surface area (Å²) >= 11 is 0. The highest BCUT2D eigenvalue weighted by atomic mass is 32.2. The van der Waals surface area contributed by atoms with Crippen molar-refractivity contribution in [1.29, 1.82) is 0 Å². The number of nitrogens with one attached hydrogen (secondary N) is 1. The quantitative estimate of drug-likeness (QED) is 0.815. The molecule has 0 bridgehead atoms.